The Morgan fingerprint density at radius 2 is 2.28 bits per heavy atom. The maximum Gasteiger partial charge on any atom is 0.228 e. The first-order valence-electron chi connectivity index (χ1n) is 6.29. The smallest absolute Gasteiger partial charge is 0.228 e. The normalized spacial score (nSPS) is 16.7. The molecule has 1 atom stereocenters. The van der Waals surface area contributed by atoms with Crippen LogP contribution in [0.5, 0.6) is 0 Å². The lowest BCUT2D eigenvalue weighted by Gasteiger charge is -2.20. The summed E-state index contributed by atoms with van der Waals surface area (Å²) in [6, 6.07) is 3.72. The fourth-order valence-corrected chi connectivity index (χ4v) is 2.14. The van der Waals surface area contributed by atoms with Gasteiger partial charge in [-0.15, -0.1) is 11.6 Å². The molecule has 1 fully saturated rings. The number of anilines is 2. The molecular weight excluding hydrogens is 250 g/mol. The van der Waals surface area contributed by atoms with Crippen molar-refractivity contribution in [2.24, 2.45) is 5.92 Å². The maximum atomic E-state index is 11.9. The number of amides is 1. The second-order valence-corrected chi connectivity index (χ2v) is 4.92. The van der Waals surface area contributed by atoms with Gasteiger partial charge in [-0.25, -0.2) is 4.98 Å². The van der Waals surface area contributed by atoms with E-state index in [-0.39, 0.29) is 11.8 Å². The minimum atomic E-state index is -0.196. The van der Waals surface area contributed by atoms with E-state index >= 15 is 0 Å². The van der Waals surface area contributed by atoms with Gasteiger partial charge in [0.2, 0.25) is 5.91 Å². The molecule has 1 aromatic rings. The van der Waals surface area contributed by atoms with Crippen LogP contribution in [0.1, 0.15) is 19.8 Å². The van der Waals surface area contributed by atoms with Crippen LogP contribution in [0.4, 0.5) is 11.5 Å². The SMILES string of the molecule is CC(CCl)C(=O)Nc1cccnc1N1CCCC1. The Kier molecular flexibility index (Phi) is 4.42. The highest BCUT2D eigenvalue weighted by Crippen LogP contribution is 2.26. The molecular formula is C13H18ClN3O. The van der Waals surface area contributed by atoms with Crippen molar-refractivity contribution in [2.75, 3.05) is 29.2 Å². The lowest BCUT2D eigenvalue weighted by Crippen LogP contribution is -2.25. The third-order valence-electron chi connectivity index (χ3n) is 3.13. The molecule has 0 aliphatic carbocycles. The van der Waals surface area contributed by atoms with E-state index in [0.717, 1.165) is 24.6 Å². The molecule has 1 aliphatic rings. The number of carbonyl (C=O) groups is 1. The van der Waals surface area contributed by atoms with E-state index < -0.39 is 0 Å². The average Bonchev–Trinajstić information content (AvgIpc) is 2.92. The van der Waals surface area contributed by atoms with Crippen LogP contribution in [0.3, 0.4) is 0 Å². The van der Waals surface area contributed by atoms with Crippen molar-refractivity contribution in [3.8, 4) is 0 Å². The van der Waals surface area contributed by atoms with Crippen molar-refractivity contribution in [1.29, 1.82) is 0 Å². The lowest BCUT2D eigenvalue weighted by atomic mass is 10.2. The number of halogens is 1. The molecule has 5 heteroatoms. The van der Waals surface area contributed by atoms with Crippen molar-refractivity contribution in [2.45, 2.75) is 19.8 Å². The zero-order chi connectivity index (χ0) is 13.0. The molecule has 1 unspecified atom stereocenters. The third-order valence-corrected chi connectivity index (χ3v) is 3.59. The van der Waals surface area contributed by atoms with Crippen LogP contribution in [0.15, 0.2) is 18.3 Å². The van der Waals surface area contributed by atoms with Crippen molar-refractivity contribution < 1.29 is 4.79 Å². The Bertz CT molecular complexity index is 418. The van der Waals surface area contributed by atoms with E-state index in [1.54, 1.807) is 6.20 Å². The summed E-state index contributed by atoms with van der Waals surface area (Å²) in [5.41, 5.74) is 0.779. The average molecular weight is 268 g/mol. The molecule has 0 aromatic carbocycles. The molecule has 2 heterocycles. The summed E-state index contributed by atoms with van der Waals surface area (Å²) in [5.74, 6) is 0.937. The number of aromatic nitrogens is 1. The Morgan fingerprint density at radius 1 is 1.56 bits per heavy atom. The van der Waals surface area contributed by atoms with E-state index in [4.69, 9.17) is 11.6 Å². The van der Waals surface area contributed by atoms with Gasteiger partial charge in [-0.3, -0.25) is 4.79 Å². The van der Waals surface area contributed by atoms with E-state index in [0.29, 0.717) is 5.88 Å². The number of nitrogens with one attached hydrogen (secondary N) is 1. The number of pyridine rings is 1. The first kappa shape index (κ1) is 13.1. The van der Waals surface area contributed by atoms with Gasteiger partial charge in [0.1, 0.15) is 0 Å². The van der Waals surface area contributed by atoms with Crippen molar-refractivity contribution >= 4 is 29.0 Å². The van der Waals surface area contributed by atoms with Gasteiger partial charge in [-0.05, 0) is 25.0 Å². The van der Waals surface area contributed by atoms with Crippen LogP contribution in [-0.4, -0.2) is 29.9 Å². The van der Waals surface area contributed by atoms with Gasteiger partial charge in [-0.2, -0.15) is 0 Å². The summed E-state index contributed by atoms with van der Waals surface area (Å²) in [7, 11) is 0. The van der Waals surface area contributed by atoms with E-state index in [9.17, 15) is 4.79 Å². The van der Waals surface area contributed by atoms with Crippen molar-refractivity contribution in [3.05, 3.63) is 18.3 Å². The van der Waals surface area contributed by atoms with E-state index in [2.05, 4.69) is 15.2 Å². The van der Waals surface area contributed by atoms with Crippen LogP contribution < -0.4 is 10.2 Å². The molecule has 1 aliphatic heterocycles. The zero-order valence-corrected chi connectivity index (χ0v) is 11.3. The Labute approximate surface area is 112 Å². The second kappa shape index (κ2) is 6.05. The topological polar surface area (TPSA) is 45.2 Å². The number of hydrogen-bond acceptors (Lipinski definition) is 3. The van der Waals surface area contributed by atoms with Crippen molar-refractivity contribution in [1.82, 2.24) is 4.98 Å². The molecule has 0 spiro atoms. The molecule has 1 aromatic heterocycles. The fraction of sp³-hybridized carbons (Fsp3) is 0.538. The number of carbonyl (C=O) groups excluding carboxylic acids is 1. The molecule has 0 bridgehead atoms. The predicted octanol–water partition coefficient (Wildman–Crippen LogP) is 2.50. The molecule has 0 saturated carbocycles. The Morgan fingerprint density at radius 3 is 2.94 bits per heavy atom. The summed E-state index contributed by atoms with van der Waals surface area (Å²) < 4.78 is 0. The fourth-order valence-electron chi connectivity index (χ4n) is 2.00. The van der Waals surface area contributed by atoms with Crippen molar-refractivity contribution in [3.63, 3.8) is 0 Å². The van der Waals surface area contributed by atoms with Crippen LogP contribution >= 0.6 is 11.6 Å². The highest BCUT2D eigenvalue weighted by molar-refractivity contribution is 6.19. The molecule has 4 nitrogen and oxygen atoms in total. The minimum absolute atomic E-state index is 0.0570. The molecule has 1 saturated heterocycles. The van der Waals surface area contributed by atoms with Gasteiger partial charge in [0.15, 0.2) is 5.82 Å². The lowest BCUT2D eigenvalue weighted by molar-refractivity contribution is -0.118. The summed E-state index contributed by atoms with van der Waals surface area (Å²) in [5, 5.41) is 2.91. The van der Waals surface area contributed by atoms with Gasteiger partial charge in [0.05, 0.1) is 5.69 Å². The van der Waals surface area contributed by atoms with Gasteiger partial charge >= 0.3 is 0 Å². The summed E-state index contributed by atoms with van der Waals surface area (Å²) in [6.45, 7) is 3.82. The van der Waals surface area contributed by atoms with Crippen LogP contribution in [0.2, 0.25) is 0 Å². The summed E-state index contributed by atoms with van der Waals surface area (Å²) in [6.07, 6.45) is 4.12. The highest BCUT2D eigenvalue weighted by atomic mass is 35.5. The van der Waals surface area contributed by atoms with Crippen LogP contribution in [0.25, 0.3) is 0 Å². The number of hydrogen-bond donors (Lipinski definition) is 1. The first-order chi connectivity index (χ1) is 8.72. The summed E-state index contributed by atoms with van der Waals surface area (Å²) >= 11 is 5.69. The monoisotopic (exact) mass is 267 g/mol. The number of rotatable bonds is 4. The molecule has 98 valence electrons. The highest BCUT2D eigenvalue weighted by Gasteiger charge is 2.19. The molecule has 18 heavy (non-hydrogen) atoms. The molecule has 0 radical (unpaired) electrons. The third kappa shape index (κ3) is 2.93. The zero-order valence-electron chi connectivity index (χ0n) is 10.5. The van der Waals surface area contributed by atoms with Crippen LogP contribution in [-0.2, 0) is 4.79 Å². The number of alkyl halides is 1. The summed E-state index contributed by atoms with van der Waals surface area (Å²) in [4.78, 5) is 18.5. The molecule has 1 amide bonds. The van der Waals surface area contributed by atoms with Gasteiger partial charge in [0.25, 0.3) is 0 Å². The van der Waals surface area contributed by atoms with E-state index in [1.807, 2.05) is 19.1 Å². The number of nitrogens with zero attached hydrogens (tertiary/aromatic N) is 2. The Hall–Kier alpha value is -1.29. The van der Waals surface area contributed by atoms with Gasteiger partial charge in [-0.1, -0.05) is 6.92 Å². The maximum absolute atomic E-state index is 11.9. The van der Waals surface area contributed by atoms with Gasteiger partial charge in [0, 0.05) is 31.1 Å². The quantitative estimate of drug-likeness (QED) is 0.853. The first-order valence-corrected chi connectivity index (χ1v) is 6.82. The Balaban J connectivity index is 2.14. The standard InChI is InChI=1S/C13H18ClN3O/c1-10(9-14)13(18)16-11-5-4-6-15-12(11)17-7-2-3-8-17/h4-6,10H,2-3,7-9H2,1H3,(H,16,18). The van der Waals surface area contributed by atoms with Gasteiger partial charge < -0.3 is 10.2 Å². The van der Waals surface area contributed by atoms with Crippen LogP contribution in [0, 0.1) is 5.92 Å². The van der Waals surface area contributed by atoms with E-state index in [1.165, 1.54) is 12.8 Å². The largest absolute Gasteiger partial charge is 0.355 e. The molecule has 2 rings (SSSR count). The molecule has 1 N–H and O–H groups in total. The minimum Gasteiger partial charge on any atom is -0.355 e. The second-order valence-electron chi connectivity index (χ2n) is 4.61. The predicted molar refractivity (Wildman–Crippen MR) is 74.2 cm³/mol.